The molecule has 212 valence electrons. The van der Waals surface area contributed by atoms with Gasteiger partial charge in [0.15, 0.2) is 5.84 Å². The van der Waals surface area contributed by atoms with E-state index in [4.69, 9.17) is 26.8 Å². The fraction of sp³-hybridized carbons (Fsp3) is 0.630. The number of nitrogens with two attached hydrogens (primary N) is 2. The molecule has 12 heteroatoms. The Bertz CT molecular complexity index is 1240. The number of amidine groups is 1. The zero-order valence-electron chi connectivity index (χ0n) is 23.5. The first-order valence-corrected chi connectivity index (χ1v) is 14.7. The molecule has 0 bridgehead atoms. The van der Waals surface area contributed by atoms with Gasteiger partial charge in [-0.2, -0.15) is 4.98 Å². The first-order chi connectivity index (χ1) is 18.6. The molecule has 2 atom stereocenters. The van der Waals surface area contributed by atoms with Gasteiger partial charge in [-0.25, -0.2) is 4.98 Å². The van der Waals surface area contributed by atoms with Crippen molar-refractivity contribution in [2.75, 3.05) is 74.6 Å². The van der Waals surface area contributed by atoms with Crippen LogP contribution in [0, 0.1) is 11.3 Å². The standard InChI is InChI=1S/C27H42N10OS/c1-16-14-35(3)9-6-10-37(16)26-32-18(11-20(33-26)36(4)15-17-12-31-13-17)23(29)34-25(38)27(2)8-5-7-19-21(27)22(28)24(30)39-19/h11,16-17,31H,5-10,12-15,28,30H2,1-4H3,(H2,29,34,38)/t16-,27-/m0/s1. The zero-order valence-corrected chi connectivity index (χ0v) is 24.3. The number of aryl methyl sites for hydroxylation is 1. The van der Waals surface area contributed by atoms with Crippen LogP contribution in [0.5, 0.6) is 0 Å². The second-order valence-corrected chi connectivity index (χ2v) is 12.8. The monoisotopic (exact) mass is 554 g/mol. The molecule has 4 heterocycles. The Morgan fingerprint density at radius 2 is 2.08 bits per heavy atom. The summed E-state index contributed by atoms with van der Waals surface area (Å²) in [6.07, 6.45) is 3.39. The third-order valence-electron chi connectivity index (χ3n) is 8.47. The number of nitrogens with one attached hydrogen (secondary N) is 3. The quantitative estimate of drug-likeness (QED) is 0.265. The molecule has 39 heavy (non-hydrogen) atoms. The van der Waals surface area contributed by atoms with Gasteiger partial charge in [0.2, 0.25) is 11.9 Å². The van der Waals surface area contributed by atoms with E-state index in [1.165, 1.54) is 11.3 Å². The van der Waals surface area contributed by atoms with Gasteiger partial charge in [-0.1, -0.05) is 0 Å². The number of hydrogen-bond acceptors (Lipinski definition) is 11. The van der Waals surface area contributed by atoms with Crippen molar-refractivity contribution >= 4 is 45.5 Å². The Labute approximate surface area is 234 Å². The van der Waals surface area contributed by atoms with Crippen molar-refractivity contribution in [3.63, 3.8) is 0 Å². The van der Waals surface area contributed by atoms with Crippen LogP contribution in [0.2, 0.25) is 0 Å². The van der Waals surface area contributed by atoms with Crippen LogP contribution in [0.25, 0.3) is 0 Å². The minimum Gasteiger partial charge on any atom is -0.396 e. The van der Waals surface area contributed by atoms with Crippen molar-refractivity contribution < 1.29 is 4.79 Å². The van der Waals surface area contributed by atoms with Crippen molar-refractivity contribution in [2.24, 2.45) is 5.92 Å². The molecule has 0 spiro atoms. The smallest absolute Gasteiger partial charge is 0.236 e. The molecule has 1 aliphatic carbocycles. The molecule has 2 aliphatic heterocycles. The molecule has 0 radical (unpaired) electrons. The molecule has 2 saturated heterocycles. The number of hydrogen-bond donors (Lipinski definition) is 5. The average Bonchev–Trinajstić information content (AvgIpc) is 3.06. The van der Waals surface area contributed by atoms with E-state index >= 15 is 0 Å². The van der Waals surface area contributed by atoms with Crippen LogP contribution in [-0.4, -0.2) is 86.0 Å². The molecule has 2 aromatic heterocycles. The first kappa shape index (κ1) is 27.6. The summed E-state index contributed by atoms with van der Waals surface area (Å²) in [7, 11) is 4.17. The Hall–Kier alpha value is -2.96. The second kappa shape index (κ2) is 10.9. The van der Waals surface area contributed by atoms with Crippen molar-refractivity contribution in [2.45, 2.75) is 51.0 Å². The fourth-order valence-corrected chi connectivity index (χ4v) is 7.23. The summed E-state index contributed by atoms with van der Waals surface area (Å²) in [5.74, 6) is 1.64. The number of thiophene rings is 1. The van der Waals surface area contributed by atoms with Gasteiger partial charge in [-0.15, -0.1) is 11.3 Å². The highest BCUT2D eigenvalue weighted by molar-refractivity contribution is 7.16. The van der Waals surface area contributed by atoms with Crippen LogP contribution in [0.3, 0.4) is 0 Å². The number of carbonyl (C=O) groups excluding carboxylic acids is 1. The van der Waals surface area contributed by atoms with Crippen molar-refractivity contribution in [3.05, 3.63) is 22.2 Å². The van der Waals surface area contributed by atoms with Gasteiger partial charge < -0.3 is 36.8 Å². The first-order valence-electron chi connectivity index (χ1n) is 13.9. The summed E-state index contributed by atoms with van der Waals surface area (Å²) in [5.41, 5.74) is 13.3. The van der Waals surface area contributed by atoms with Crippen molar-refractivity contribution in [1.82, 2.24) is 25.5 Å². The summed E-state index contributed by atoms with van der Waals surface area (Å²) in [6, 6.07) is 2.04. The largest absolute Gasteiger partial charge is 0.396 e. The minimum atomic E-state index is -0.853. The lowest BCUT2D eigenvalue weighted by molar-refractivity contribution is -0.125. The van der Waals surface area contributed by atoms with Crippen molar-refractivity contribution in [3.8, 4) is 0 Å². The number of rotatable bonds is 6. The number of aromatic nitrogens is 2. The average molecular weight is 555 g/mol. The summed E-state index contributed by atoms with van der Waals surface area (Å²) >= 11 is 1.47. The molecule has 2 fully saturated rings. The number of nitrogen functional groups attached to an aromatic ring is 2. The maximum absolute atomic E-state index is 13.7. The van der Waals surface area contributed by atoms with Crippen LogP contribution in [-0.2, 0) is 16.6 Å². The number of nitrogens with zero attached hydrogens (tertiary/aromatic N) is 5. The molecular weight excluding hydrogens is 512 g/mol. The van der Waals surface area contributed by atoms with Gasteiger partial charge >= 0.3 is 0 Å². The number of likely N-dealkylation sites (N-methyl/N-ethyl adjacent to an activating group) is 1. The van der Waals surface area contributed by atoms with E-state index in [0.29, 0.717) is 34.7 Å². The lowest BCUT2D eigenvalue weighted by Crippen LogP contribution is -2.48. The lowest BCUT2D eigenvalue weighted by atomic mass is 9.72. The third kappa shape index (κ3) is 5.42. The van der Waals surface area contributed by atoms with Crippen LogP contribution < -0.4 is 31.9 Å². The van der Waals surface area contributed by atoms with E-state index in [2.05, 4.69) is 39.3 Å². The van der Waals surface area contributed by atoms with Gasteiger partial charge in [0, 0.05) is 68.2 Å². The summed E-state index contributed by atoms with van der Waals surface area (Å²) < 4.78 is 0. The van der Waals surface area contributed by atoms with Crippen LogP contribution in [0.1, 0.15) is 49.2 Å². The van der Waals surface area contributed by atoms with Gasteiger partial charge in [0.05, 0.1) is 11.1 Å². The summed E-state index contributed by atoms with van der Waals surface area (Å²) in [5, 5.41) is 15.7. The van der Waals surface area contributed by atoms with Gasteiger partial charge in [-0.3, -0.25) is 10.2 Å². The number of carbonyl (C=O) groups is 1. The third-order valence-corrected chi connectivity index (χ3v) is 9.56. The molecule has 0 unspecified atom stereocenters. The number of anilines is 4. The predicted molar refractivity (Wildman–Crippen MR) is 159 cm³/mol. The van der Waals surface area contributed by atoms with Gasteiger partial charge in [0.25, 0.3) is 0 Å². The number of amides is 1. The molecular formula is C27H42N10OS. The van der Waals surface area contributed by atoms with E-state index in [1.807, 2.05) is 20.0 Å². The highest BCUT2D eigenvalue weighted by Crippen LogP contribution is 2.47. The van der Waals surface area contributed by atoms with Crippen LogP contribution >= 0.6 is 11.3 Å². The lowest BCUT2D eigenvalue weighted by Gasteiger charge is -2.34. The Balaban J connectivity index is 1.44. The van der Waals surface area contributed by atoms with E-state index < -0.39 is 5.41 Å². The normalized spacial score (nSPS) is 24.0. The molecule has 1 amide bonds. The van der Waals surface area contributed by atoms with E-state index in [-0.39, 0.29) is 17.8 Å². The molecule has 0 saturated carbocycles. The van der Waals surface area contributed by atoms with Gasteiger partial charge in [0.1, 0.15) is 16.5 Å². The van der Waals surface area contributed by atoms with E-state index in [1.54, 1.807) is 0 Å². The predicted octanol–water partition coefficient (Wildman–Crippen LogP) is 1.62. The highest BCUT2D eigenvalue weighted by Gasteiger charge is 2.43. The molecule has 11 nitrogen and oxygen atoms in total. The molecule has 7 N–H and O–H groups in total. The Morgan fingerprint density at radius 3 is 2.79 bits per heavy atom. The van der Waals surface area contributed by atoms with E-state index in [9.17, 15) is 4.79 Å². The minimum absolute atomic E-state index is 0.0293. The molecule has 0 aromatic carbocycles. The van der Waals surface area contributed by atoms with Crippen LogP contribution in [0.4, 0.5) is 22.5 Å². The topological polar surface area (TPSA) is 153 Å². The Kier molecular flexibility index (Phi) is 7.71. The Morgan fingerprint density at radius 1 is 1.31 bits per heavy atom. The maximum atomic E-state index is 13.7. The molecule has 5 rings (SSSR count). The van der Waals surface area contributed by atoms with E-state index in [0.717, 1.165) is 74.8 Å². The van der Waals surface area contributed by atoms with Crippen LogP contribution in [0.15, 0.2) is 6.07 Å². The molecule has 3 aliphatic rings. The fourth-order valence-electron chi connectivity index (χ4n) is 6.07. The zero-order chi connectivity index (χ0) is 27.9. The molecule has 2 aromatic rings. The van der Waals surface area contributed by atoms with Crippen molar-refractivity contribution in [1.29, 1.82) is 5.41 Å². The number of fused-ring (bicyclic) bond motifs is 1. The second-order valence-electron chi connectivity index (χ2n) is 11.7. The maximum Gasteiger partial charge on any atom is 0.236 e. The summed E-state index contributed by atoms with van der Waals surface area (Å²) in [4.78, 5) is 31.3. The highest BCUT2D eigenvalue weighted by atomic mass is 32.1. The summed E-state index contributed by atoms with van der Waals surface area (Å²) in [6.45, 7) is 9.71. The SMILES string of the molecule is C[C@H]1CN(C)CCCN1c1nc(C(=N)NC(=O)[C@@]2(C)CCCc3sc(N)c(N)c32)cc(N(C)CC2CNC2)n1. The van der Waals surface area contributed by atoms with Gasteiger partial charge in [-0.05, 0) is 53.1 Å².